The topological polar surface area (TPSA) is 39.1 Å². The van der Waals surface area contributed by atoms with Crippen molar-refractivity contribution < 1.29 is 9.18 Å². The van der Waals surface area contributed by atoms with Gasteiger partial charge in [0.25, 0.3) is 5.56 Å². The second-order valence-corrected chi connectivity index (χ2v) is 5.20. The lowest BCUT2D eigenvalue weighted by molar-refractivity contribution is 0.0968. The molecule has 1 aromatic heterocycles. The normalized spacial score (nSPS) is 21.2. The number of carbonyl (C=O) groups excluding carboxylic acids is 1. The molecule has 2 heterocycles. The minimum absolute atomic E-state index is 0.00231. The number of rotatable bonds is 0. The fraction of sp³-hybridized carbons (Fsp3) is 0.538. The van der Waals surface area contributed by atoms with Crippen LogP contribution in [0.25, 0.3) is 0 Å². The predicted octanol–water partition coefficient (Wildman–Crippen LogP) is 2.15. The van der Waals surface area contributed by atoms with Crippen molar-refractivity contribution in [2.45, 2.75) is 44.6 Å². The molecule has 1 saturated carbocycles. The van der Waals surface area contributed by atoms with Gasteiger partial charge >= 0.3 is 0 Å². The van der Waals surface area contributed by atoms with Crippen molar-refractivity contribution in [2.75, 3.05) is 0 Å². The van der Waals surface area contributed by atoms with Crippen LogP contribution >= 0.6 is 0 Å². The fourth-order valence-electron chi connectivity index (χ4n) is 3.31. The quantitative estimate of drug-likeness (QED) is 0.691. The molecular weight excluding hydrogens is 221 g/mol. The first-order chi connectivity index (χ1) is 8.05. The molecule has 0 amide bonds. The number of hydrogen-bond acceptors (Lipinski definition) is 2. The van der Waals surface area contributed by atoms with E-state index >= 15 is 0 Å². The first kappa shape index (κ1) is 10.7. The van der Waals surface area contributed by atoms with E-state index in [2.05, 4.69) is 0 Å². The van der Waals surface area contributed by atoms with Gasteiger partial charge in [-0.3, -0.25) is 14.2 Å². The number of hydrogen-bond donors (Lipinski definition) is 0. The van der Waals surface area contributed by atoms with E-state index in [1.54, 1.807) is 6.92 Å². The predicted molar refractivity (Wildman–Crippen MR) is 60.8 cm³/mol. The summed E-state index contributed by atoms with van der Waals surface area (Å²) in [5.41, 5.74) is -0.236. The van der Waals surface area contributed by atoms with Gasteiger partial charge in [-0.25, -0.2) is 4.39 Å². The Labute approximate surface area is 98.3 Å². The average Bonchev–Trinajstić information content (AvgIpc) is 2.82. The van der Waals surface area contributed by atoms with Crippen LogP contribution in [-0.4, -0.2) is 10.4 Å². The van der Waals surface area contributed by atoms with Gasteiger partial charge in [0.05, 0.1) is 5.54 Å². The van der Waals surface area contributed by atoms with Gasteiger partial charge in [0, 0.05) is 12.0 Å². The number of carbonyl (C=O) groups is 1. The Bertz CT molecular complexity index is 568. The maximum atomic E-state index is 13.8. The van der Waals surface area contributed by atoms with E-state index < -0.39 is 11.4 Å². The number of nitrogens with zero attached hydrogens (tertiary/aromatic N) is 1. The van der Waals surface area contributed by atoms with Crippen LogP contribution in [-0.2, 0) is 5.54 Å². The Morgan fingerprint density at radius 2 is 1.94 bits per heavy atom. The molecule has 0 radical (unpaired) electrons. The summed E-state index contributed by atoms with van der Waals surface area (Å²) in [6.45, 7) is 1.60. The van der Waals surface area contributed by atoms with E-state index in [4.69, 9.17) is 0 Å². The SMILES string of the molecule is Cc1cc(F)c2n(c1=O)C1(CCCC1)CC2=O. The van der Waals surface area contributed by atoms with E-state index in [0.717, 1.165) is 25.7 Å². The van der Waals surface area contributed by atoms with Crippen molar-refractivity contribution in [3.63, 3.8) is 0 Å². The highest BCUT2D eigenvalue weighted by molar-refractivity contribution is 5.97. The molecule has 1 aliphatic carbocycles. The molecule has 0 atom stereocenters. The Hall–Kier alpha value is -1.45. The Morgan fingerprint density at radius 1 is 1.29 bits per heavy atom. The lowest BCUT2D eigenvalue weighted by atomic mass is 9.94. The monoisotopic (exact) mass is 235 g/mol. The van der Waals surface area contributed by atoms with E-state index in [0.29, 0.717) is 12.0 Å². The van der Waals surface area contributed by atoms with E-state index in [-0.39, 0.29) is 17.0 Å². The molecule has 0 bridgehead atoms. The standard InChI is InChI=1S/C13H14FNO2/c1-8-6-9(14)11-10(16)7-13(4-2-3-5-13)15(11)12(8)17/h6H,2-5,7H2,1H3. The maximum absolute atomic E-state index is 13.8. The second kappa shape index (κ2) is 3.28. The molecule has 0 unspecified atom stereocenters. The maximum Gasteiger partial charge on any atom is 0.254 e. The van der Waals surface area contributed by atoms with E-state index in [9.17, 15) is 14.0 Å². The summed E-state index contributed by atoms with van der Waals surface area (Å²) in [5, 5.41) is 0. The lowest BCUT2D eigenvalue weighted by Gasteiger charge is -2.25. The third kappa shape index (κ3) is 1.27. The third-order valence-electron chi connectivity index (χ3n) is 4.10. The molecule has 17 heavy (non-hydrogen) atoms. The largest absolute Gasteiger partial charge is 0.296 e. The van der Waals surface area contributed by atoms with Crippen molar-refractivity contribution in [2.24, 2.45) is 0 Å². The minimum Gasteiger partial charge on any atom is -0.296 e. The number of fused-ring (bicyclic) bond motifs is 2. The summed E-state index contributed by atoms with van der Waals surface area (Å²) in [6.07, 6.45) is 3.94. The van der Waals surface area contributed by atoms with Gasteiger partial charge < -0.3 is 0 Å². The summed E-state index contributed by atoms with van der Waals surface area (Å²) >= 11 is 0. The first-order valence-electron chi connectivity index (χ1n) is 6.01. The van der Waals surface area contributed by atoms with Gasteiger partial charge in [-0.2, -0.15) is 0 Å². The van der Waals surface area contributed by atoms with Gasteiger partial charge in [0.2, 0.25) is 0 Å². The molecule has 0 aromatic carbocycles. The van der Waals surface area contributed by atoms with Crippen LogP contribution in [0.2, 0.25) is 0 Å². The molecule has 3 nitrogen and oxygen atoms in total. The number of halogens is 1. The molecule has 1 aliphatic heterocycles. The highest BCUT2D eigenvalue weighted by Crippen LogP contribution is 2.44. The van der Waals surface area contributed by atoms with Gasteiger partial charge in [-0.15, -0.1) is 0 Å². The molecular formula is C13H14FNO2. The number of pyridine rings is 1. The number of aromatic nitrogens is 1. The van der Waals surface area contributed by atoms with Crippen molar-refractivity contribution in [3.05, 3.63) is 33.5 Å². The van der Waals surface area contributed by atoms with Crippen molar-refractivity contribution in [1.29, 1.82) is 0 Å². The van der Waals surface area contributed by atoms with Crippen molar-refractivity contribution >= 4 is 5.78 Å². The molecule has 4 heteroatoms. The highest BCUT2D eigenvalue weighted by atomic mass is 19.1. The Balaban J connectivity index is 2.36. The average molecular weight is 235 g/mol. The van der Waals surface area contributed by atoms with Crippen LogP contribution in [0.15, 0.2) is 10.9 Å². The molecule has 0 saturated heterocycles. The van der Waals surface area contributed by atoms with Crippen LogP contribution in [0.3, 0.4) is 0 Å². The number of aryl methyl sites for hydroxylation is 1. The zero-order valence-electron chi connectivity index (χ0n) is 9.75. The fourth-order valence-corrected chi connectivity index (χ4v) is 3.31. The summed E-state index contributed by atoms with van der Waals surface area (Å²) in [5.74, 6) is -0.766. The molecule has 90 valence electrons. The van der Waals surface area contributed by atoms with Crippen LogP contribution in [0.1, 0.15) is 48.2 Å². The highest BCUT2D eigenvalue weighted by Gasteiger charge is 2.47. The third-order valence-corrected chi connectivity index (χ3v) is 4.10. The van der Waals surface area contributed by atoms with Crippen molar-refractivity contribution in [1.82, 2.24) is 4.57 Å². The second-order valence-electron chi connectivity index (χ2n) is 5.20. The van der Waals surface area contributed by atoms with Gasteiger partial charge in [-0.1, -0.05) is 12.8 Å². The zero-order valence-corrected chi connectivity index (χ0v) is 9.75. The molecule has 2 aliphatic rings. The first-order valence-corrected chi connectivity index (χ1v) is 6.01. The smallest absolute Gasteiger partial charge is 0.254 e. The molecule has 3 rings (SSSR count). The number of ketones is 1. The summed E-state index contributed by atoms with van der Waals surface area (Å²) in [4.78, 5) is 24.1. The summed E-state index contributed by atoms with van der Waals surface area (Å²) in [6, 6.07) is 1.18. The van der Waals surface area contributed by atoms with Gasteiger partial charge in [-0.05, 0) is 25.8 Å². The molecule has 1 fully saturated rings. The lowest BCUT2D eigenvalue weighted by Crippen LogP contribution is -2.37. The number of Topliss-reactive ketones (excluding diaryl/α,β-unsaturated/α-hetero) is 1. The van der Waals surface area contributed by atoms with Gasteiger partial charge in [0.1, 0.15) is 5.69 Å². The van der Waals surface area contributed by atoms with Crippen molar-refractivity contribution in [3.8, 4) is 0 Å². The molecule has 1 aromatic rings. The van der Waals surface area contributed by atoms with E-state index in [1.807, 2.05) is 0 Å². The molecule has 0 N–H and O–H groups in total. The summed E-state index contributed by atoms with van der Waals surface area (Å²) < 4.78 is 15.3. The summed E-state index contributed by atoms with van der Waals surface area (Å²) in [7, 11) is 0. The van der Waals surface area contributed by atoms with Crippen LogP contribution in [0.4, 0.5) is 4.39 Å². The zero-order chi connectivity index (χ0) is 12.2. The van der Waals surface area contributed by atoms with E-state index in [1.165, 1.54) is 10.6 Å². The van der Waals surface area contributed by atoms with Gasteiger partial charge in [0.15, 0.2) is 11.6 Å². The van der Waals surface area contributed by atoms with Crippen LogP contribution < -0.4 is 5.56 Å². The minimum atomic E-state index is -0.545. The molecule has 1 spiro atoms. The Morgan fingerprint density at radius 3 is 2.59 bits per heavy atom. The van der Waals surface area contributed by atoms with Crippen LogP contribution in [0, 0.1) is 12.7 Å². The van der Waals surface area contributed by atoms with Crippen LogP contribution in [0.5, 0.6) is 0 Å². The Kier molecular flexibility index (Phi) is 2.06.